The van der Waals surface area contributed by atoms with Crippen molar-refractivity contribution in [1.82, 2.24) is 15.3 Å². The van der Waals surface area contributed by atoms with Crippen LogP contribution in [-0.2, 0) is 13.0 Å². The minimum absolute atomic E-state index is 0.762. The van der Waals surface area contributed by atoms with Gasteiger partial charge < -0.3 is 10.3 Å². The van der Waals surface area contributed by atoms with E-state index in [1.54, 1.807) is 6.20 Å². The van der Waals surface area contributed by atoms with Crippen molar-refractivity contribution < 1.29 is 0 Å². The number of H-pyrrole nitrogens is 1. The molecule has 26 heavy (non-hydrogen) atoms. The Bertz CT molecular complexity index is 1010. The summed E-state index contributed by atoms with van der Waals surface area (Å²) in [5.74, 6) is 0. The lowest BCUT2D eigenvalue weighted by Gasteiger charge is -2.07. The van der Waals surface area contributed by atoms with Gasteiger partial charge in [-0.3, -0.25) is 4.98 Å². The van der Waals surface area contributed by atoms with Crippen molar-refractivity contribution in [3.8, 4) is 11.1 Å². The molecule has 0 saturated heterocycles. The van der Waals surface area contributed by atoms with Crippen molar-refractivity contribution >= 4 is 22.5 Å². The Morgan fingerprint density at radius 3 is 2.81 bits per heavy atom. The van der Waals surface area contributed by atoms with Gasteiger partial charge in [0.25, 0.3) is 0 Å². The first kappa shape index (κ1) is 16.8. The molecule has 0 aliphatic rings. The topological polar surface area (TPSA) is 40.7 Å². The molecule has 0 aliphatic carbocycles. The highest BCUT2D eigenvalue weighted by atomic mass is 35.5. The standard InChI is InChI=1S/C22H20ClN3/c23-20-6-7-21-19(15-26-22(21)12-20)8-10-25-13-16-3-1-4-17(11-16)18-5-2-9-24-14-18/h1-7,9,11-12,14-15,25-26H,8,10,13H2. The lowest BCUT2D eigenvalue weighted by atomic mass is 10.0. The zero-order valence-electron chi connectivity index (χ0n) is 14.4. The average Bonchev–Trinajstić information content (AvgIpc) is 3.08. The van der Waals surface area contributed by atoms with Crippen molar-refractivity contribution in [3.63, 3.8) is 0 Å². The van der Waals surface area contributed by atoms with Gasteiger partial charge in [-0.25, -0.2) is 0 Å². The normalized spacial score (nSPS) is 11.1. The van der Waals surface area contributed by atoms with Gasteiger partial charge in [-0.2, -0.15) is 0 Å². The summed E-state index contributed by atoms with van der Waals surface area (Å²) in [4.78, 5) is 7.49. The molecule has 0 fully saturated rings. The van der Waals surface area contributed by atoms with Gasteiger partial charge in [0.1, 0.15) is 0 Å². The number of benzene rings is 2. The lowest BCUT2D eigenvalue weighted by molar-refractivity contribution is 0.688. The summed E-state index contributed by atoms with van der Waals surface area (Å²) in [6.07, 6.45) is 6.75. The molecule has 0 saturated carbocycles. The Hall–Kier alpha value is -2.62. The molecule has 0 atom stereocenters. The maximum absolute atomic E-state index is 6.04. The van der Waals surface area contributed by atoms with Crippen molar-refractivity contribution in [2.45, 2.75) is 13.0 Å². The molecule has 2 heterocycles. The van der Waals surface area contributed by atoms with E-state index < -0.39 is 0 Å². The third-order valence-electron chi connectivity index (χ3n) is 4.55. The number of pyridine rings is 1. The van der Waals surface area contributed by atoms with Crippen LogP contribution in [-0.4, -0.2) is 16.5 Å². The predicted octanol–water partition coefficient (Wildman–Crippen LogP) is 5.22. The molecular weight excluding hydrogens is 342 g/mol. The summed E-state index contributed by atoms with van der Waals surface area (Å²) in [6.45, 7) is 1.77. The number of hydrogen-bond acceptors (Lipinski definition) is 2. The minimum atomic E-state index is 0.762. The summed E-state index contributed by atoms with van der Waals surface area (Å²) in [7, 11) is 0. The second-order valence-electron chi connectivity index (χ2n) is 6.37. The molecule has 0 bridgehead atoms. The number of rotatable bonds is 6. The van der Waals surface area contributed by atoms with Crippen molar-refractivity contribution in [1.29, 1.82) is 0 Å². The van der Waals surface area contributed by atoms with E-state index in [0.29, 0.717) is 0 Å². The van der Waals surface area contributed by atoms with Gasteiger partial charge in [0, 0.05) is 41.1 Å². The molecule has 2 aromatic heterocycles. The molecule has 2 aromatic carbocycles. The highest BCUT2D eigenvalue weighted by Crippen LogP contribution is 2.22. The second kappa shape index (κ2) is 7.73. The first-order chi connectivity index (χ1) is 12.8. The minimum Gasteiger partial charge on any atom is -0.361 e. The van der Waals surface area contributed by atoms with E-state index in [4.69, 9.17) is 11.6 Å². The Morgan fingerprint density at radius 2 is 1.92 bits per heavy atom. The highest BCUT2D eigenvalue weighted by Gasteiger charge is 2.04. The first-order valence-electron chi connectivity index (χ1n) is 8.75. The van der Waals surface area contributed by atoms with Crippen LogP contribution in [0.5, 0.6) is 0 Å². The summed E-state index contributed by atoms with van der Waals surface area (Å²) in [5, 5.41) is 5.55. The van der Waals surface area contributed by atoms with Gasteiger partial charge in [-0.05, 0) is 59.5 Å². The van der Waals surface area contributed by atoms with E-state index in [1.165, 1.54) is 22.1 Å². The highest BCUT2D eigenvalue weighted by molar-refractivity contribution is 6.31. The van der Waals surface area contributed by atoms with Gasteiger partial charge in [0.2, 0.25) is 0 Å². The number of aromatic amines is 1. The van der Waals surface area contributed by atoms with Crippen molar-refractivity contribution in [2.75, 3.05) is 6.54 Å². The van der Waals surface area contributed by atoms with Crippen LogP contribution < -0.4 is 5.32 Å². The molecule has 4 aromatic rings. The van der Waals surface area contributed by atoms with Crippen molar-refractivity contribution in [2.24, 2.45) is 0 Å². The molecule has 0 unspecified atom stereocenters. The molecule has 0 radical (unpaired) electrons. The number of hydrogen-bond donors (Lipinski definition) is 2. The van der Waals surface area contributed by atoms with E-state index in [-0.39, 0.29) is 0 Å². The smallest absolute Gasteiger partial charge is 0.0471 e. The molecular formula is C22H20ClN3. The van der Waals surface area contributed by atoms with Crippen LogP contribution in [0, 0.1) is 0 Å². The Balaban J connectivity index is 1.36. The third-order valence-corrected chi connectivity index (χ3v) is 4.79. The second-order valence-corrected chi connectivity index (χ2v) is 6.81. The molecule has 4 rings (SSSR count). The fourth-order valence-electron chi connectivity index (χ4n) is 3.22. The van der Waals surface area contributed by atoms with E-state index in [2.05, 4.69) is 57.9 Å². The van der Waals surface area contributed by atoms with Crippen LogP contribution in [0.1, 0.15) is 11.1 Å². The van der Waals surface area contributed by atoms with E-state index in [0.717, 1.165) is 35.6 Å². The summed E-state index contributed by atoms with van der Waals surface area (Å²) in [6, 6.07) is 18.6. The van der Waals surface area contributed by atoms with Crippen molar-refractivity contribution in [3.05, 3.63) is 89.3 Å². The Labute approximate surface area is 158 Å². The van der Waals surface area contributed by atoms with Crippen LogP contribution in [0.25, 0.3) is 22.0 Å². The SMILES string of the molecule is Clc1ccc2c(CCNCc3cccc(-c4cccnc4)c3)c[nH]c2c1. The number of nitrogens with one attached hydrogen (secondary N) is 2. The zero-order chi connectivity index (χ0) is 17.8. The van der Waals surface area contributed by atoms with Gasteiger partial charge >= 0.3 is 0 Å². The molecule has 0 amide bonds. The summed E-state index contributed by atoms with van der Waals surface area (Å²) in [5.41, 5.74) is 6.03. The van der Waals surface area contributed by atoms with E-state index >= 15 is 0 Å². The molecule has 130 valence electrons. The monoisotopic (exact) mass is 361 g/mol. The molecule has 4 heteroatoms. The van der Waals surface area contributed by atoms with Crippen LogP contribution >= 0.6 is 11.6 Å². The molecule has 3 nitrogen and oxygen atoms in total. The number of nitrogens with zero attached hydrogens (tertiary/aromatic N) is 1. The average molecular weight is 362 g/mol. The maximum Gasteiger partial charge on any atom is 0.0471 e. The Kier molecular flexibility index (Phi) is 5.00. The lowest BCUT2D eigenvalue weighted by Crippen LogP contribution is -2.16. The van der Waals surface area contributed by atoms with Crippen LogP contribution in [0.4, 0.5) is 0 Å². The van der Waals surface area contributed by atoms with Gasteiger partial charge in [-0.15, -0.1) is 0 Å². The van der Waals surface area contributed by atoms with E-state index in [9.17, 15) is 0 Å². The third kappa shape index (κ3) is 3.79. The fourth-order valence-corrected chi connectivity index (χ4v) is 3.39. The van der Waals surface area contributed by atoms with E-state index in [1.807, 2.05) is 24.4 Å². The number of halogens is 1. The summed E-state index contributed by atoms with van der Waals surface area (Å²) < 4.78 is 0. The zero-order valence-corrected chi connectivity index (χ0v) is 15.1. The first-order valence-corrected chi connectivity index (χ1v) is 9.13. The largest absolute Gasteiger partial charge is 0.361 e. The number of fused-ring (bicyclic) bond motifs is 1. The van der Waals surface area contributed by atoms with Gasteiger partial charge in [0.15, 0.2) is 0 Å². The maximum atomic E-state index is 6.04. The summed E-state index contributed by atoms with van der Waals surface area (Å²) >= 11 is 6.04. The van der Waals surface area contributed by atoms with Gasteiger partial charge in [0.05, 0.1) is 0 Å². The molecule has 0 spiro atoms. The molecule has 2 N–H and O–H groups in total. The van der Waals surface area contributed by atoms with Crippen LogP contribution in [0.3, 0.4) is 0 Å². The van der Waals surface area contributed by atoms with Gasteiger partial charge in [-0.1, -0.05) is 41.9 Å². The Morgan fingerprint density at radius 1 is 1.00 bits per heavy atom. The predicted molar refractivity (Wildman–Crippen MR) is 108 cm³/mol. The number of aromatic nitrogens is 2. The van der Waals surface area contributed by atoms with Crippen LogP contribution in [0.15, 0.2) is 73.2 Å². The molecule has 0 aliphatic heterocycles. The fraction of sp³-hybridized carbons (Fsp3) is 0.136. The van der Waals surface area contributed by atoms with Crippen LogP contribution in [0.2, 0.25) is 5.02 Å². The quantitative estimate of drug-likeness (QED) is 0.462.